The molecule has 0 saturated heterocycles. The molecule has 1 amide bonds. The van der Waals surface area contributed by atoms with Crippen molar-refractivity contribution in [2.75, 3.05) is 32.9 Å². The molecule has 0 bridgehead atoms. The van der Waals surface area contributed by atoms with Crippen molar-refractivity contribution in [3.8, 4) is 17.2 Å². The first kappa shape index (κ1) is 21.9. The molecule has 0 unspecified atom stereocenters. The topological polar surface area (TPSA) is 151 Å². The molecule has 1 heterocycles. The number of carbonyl (C=O) groups excluding carboxylic acids is 1. The lowest BCUT2D eigenvalue weighted by Crippen LogP contribution is -2.20. The van der Waals surface area contributed by atoms with Crippen LogP contribution in [0.15, 0.2) is 27.3 Å². The van der Waals surface area contributed by atoms with Crippen LogP contribution in [0.5, 0.6) is 17.2 Å². The number of carbonyl (C=O) groups is 1. The van der Waals surface area contributed by atoms with Gasteiger partial charge in [0.25, 0.3) is 5.91 Å². The van der Waals surface area contributed by atoms with Crippen molar-refractivity contribution >= 4 is 42.8 Å². The van der Waals surface area contributed by atoms with Crippen molar-refractivity contribution in [1.29, 1.82) is 0 Å². The van der Waals surface area contributed by atoms with E-state index < -0.39 is 25.8 Å². The summed E-state index contributed by atoms with van der Waals surface area (Å²) in [5.74, 6) is -0.872. The second kappa shape index (κ2) is 7.95. The molecule has 0 aliphatic heterocycles. The number of anilines is 1. The number of hydrogen-bond acceptors (Lipinski definition) is 9. The van der Waals surface area contributed by atoms with Crippen molar-refractivity contribution in [3.63, 3.8) is 0 Å². The van der Waals surface area contributed by atoms with Crippen LogP contribution in [-0.2, 0) is 19.9 Å². The lowest BCUT2D eigenvalue weighted by Gasteiger charge is -2.19. The fourth-order valence-corrected chi connectivity index (χ4v) is 5.11. The number of primary sulfonamides is 1. The minimum Gasteiger partial charge on any atom is -0.493 e. The highest BCUT2D eigenvalue weighted by atomic mass is 32.2. The highest BCUT2D eigenvalue weighted by Gasteiger charge is 2.29. The van der Waals surface area contributed by atoms with Gasteiger partial charge in [-0.15, -0.1) is 11.3 Å². The average Bonchev–Trinajstić information content (AvgIpc) is 3.10. The van der Waals surface area contributed by atoms with Gasteiger partial charge >= 0.3 is 0 Å². The van der Waals surface area contributed by atoms with Crippen molar-refractivity contribution < 1.29 is 35.8 Å². The number of hydrogen-bond donors (Lipinski definition) is 2. The van der Waals surface area contributed by atoms with E-state index in [1.807, 2.05) is 0 Å². The third-order valence-corrected chi connectivity index (χ3v) is 6.69. The molecule has 28 heavy (non-hydrogen) atoms. The summed E-state index contributed by atoms with van der Waals surface area (Å²) in [6.07, 6.45) is 0.935. The Labute approximate surface area is 166 Å². The quantitative estimate of drug-likeness (QED) is 0.636. The first-order valence-corrected chi connectivity index (χ1v) is 11.7. The average molecular weight is 451 g/mol. The van der Waals surface area contributed by atoms with Crippen LogP contribution < -0.4 is 24.7 Å². The summed E-state index contributed by atoms with van der Waals surface area (Å²) >= 11 is 0.831. The smallest absolute Gasteiger partial charge is 0.267 e. The first-order chi connectivity index (χ1) is 13.0. The van der Waals surface area contributed by atoms with E-state index in [9.17, 15) is 21.6 Å². The Morgan fingerprint density at radius 3 is 2.11 bits per heavy atom. The minimum absolute atomic E-state index is 0.0468. The van der Waals surface area contributed by atoms with E-state index in [1.165, 1.54) is 38.8 Å². The largest absolute Gasteiger partial charge is 0.493 e. The molecule has 0 saturated carbocycles. The summed E-state index contributed by atoms with van der Waals surface area (Å²) in [4.78, 5) is 11.8. The van der Waals surface area contributed by atoms with Crippen LogP contribution >= 0.6 is 11.3 Å². The lowest BCUT2D eigenvalue weighted by molar-refractivity contribution is 0.102. The Morgan fingerprint density at radius 2 is 1.64 bits per heavy atom. The molecule has 0 aliphatic carbocycles. The summed E-state index contributed by atoms with van der Waals surface area (Å²) in [6, 6.07) is 2.35. The summed E-state index contributed by atoms with van der Waals surface area (Å²) in [5.41, 5.74) is -0.221. The number of ether oxygens (including phenoxy) is 3. The van der Waals surface area contributed by atoms with E-state index in [1.54, 1.807) is 0 Å². The minimum atomic E-state index is -4.15. The van der Waals surface area contributed by atoms with Gasteiger partial charge in [0.05, 0.1) is 26.2 Å². The zero-order chi connectivity index (χ0) is 21.3. The van der Waals surface area contributed by atoms with Gasteiger partial charge in [0.2, 0.25) is 15.8 Å². The van der Waals surface area contributed by atoms with Crippen LogP contribution in [0.2, 0.25) is 0 Å². The van der Waals surface area contributed by atoms with E-state index in [-0.39, 0.29) is 37.6 Å². The van der Waals surface area contributed by atoms with Crippen LogP contribution in [0, 0.1) is 0 Å². The molecule has 1 aromatic heterocycles. The van der Waals surface area contributed by atoms with Gasteiger partial charge in [-0.25, -0.2) is 22.0 Å². The Balaban J connectivity index is 2.71. The normalized spacial score (nSPS) is 11.8. The Hall–Kier alpha value is -2.35. The van der Waals surface area contributed by atoms with Crippen LogP contribution in [-0.4, -0.2) is 50.3 Å². The third-order valence-electron chi connectivity index (χ3n) is 3.57. The molecule has 13 heteroatoms. The number of nitrogens with two attached hydrogens (primary N) is 1. The van der Waals surface area contributed by atoms with Gasteiger partial charge in [0, 0.05) is 12.3 Å². The van der Waals surface area contributed by atoms with Crippen LogP contribution in [0.3, 0.4) is 0 Å². The standard InChI is InChI=1S/C15H18N2O8S3/c1-23-8-7-10(27(4,19)20)11(13(25-3)12(8)24-2)17-15(18)14-9(5-6-26-14)28(16,21)22/h5-7H,1-4H3,(H,17,18)(H2,16,21,22). The molecule has 3 N–H and O–H groups in total. The predicted molar refractivity (Wildman–Crippen MR) is 103 cm³/mol. The van der Waals surface area contributed by atoms with Gasteiger partial charge in [-0.3, -0.25) is 4.79 Å². The summed E-state index contributed by atoms with van der Waals surface area (Å²) < 4.78 is 63.4. The lowest BCUT2D eigenvalue weighted by atomic mass is 10.2. The maximum Gasteiger partial charge on any atom is 0.267 e. The van der Waals surface area contributed by atoms with Crippen LogP contribution in [0.1, 0.15) is 9.67 Å². The second-order valence-electron chi connectivity index (χ2n) is 5.40. The zero-order valence-electron chi connectivity index (χ0n) is 15.3. The molecular weight excluding hydrogens is 432 g/mol. The molecule has 0 radical (unpaired) electrons. The summed E-state index contributed by atoms with van der Waals surface area (Å²) in [7, 11) is -4.13. The first-order valence-electron chi connectivity index (χ1n) is 7.40. The maximum absolute atomic E-state index is 12.7. The van der Waals surface area contributed by atoms with Crippen LogP contribution in [0.4, 0.5) is 5.69 Å². The molecule has 1 aromatic carbocycles. The van der Waals surface area contributed by atoms with E-state index in [0.29, 0.717) is 0 Å². The molecular formula is C15H18N2O8S3. The number of sulfonamides is 1. The highest BCUT2D eigenvalue weighted by Crippen LogP contribution is 2.47. The van der Waals surface area contributed by atoms with Crippen molar-refractivity contribution in [2.45, 2.75) is 9.79 Å². The summed E-state index contributed by atoms with van der Waals surface area (Å²) in [5, 5.41) is 8.88. The SMILES string of the molecule is COc1cc(S(C)(=O)=O)c(NC(=O)c2sccc2S(N)(=O)=O)c(OC)c1OC. The molecule has 0 aliphatic rings. The summed E-state index contributed by atoms with van der Waals surface area (Å²) in [6.45, 7) is 0. The number of thiophene rings is 1. The van der Waals surface area contributed by atoms with Gasteiger partial charge in [-0.1, -0.05) is 0 Å². The molecule has 154 valence electrons. The van der Waals surface area contributed by atoms with Gasteiger partial charge in [-0.05, 0) is 11.4 Å². The molecule has 2 rings (SSSR count). The fourth-order valence-electron chi connectivity index (χ4n) is 2.40. The number of rotatable bonds is 7. The molecule has 0 fully saturated rings. The predicted octanol–water partition coefficient (Wildman–Crippen LogP) is 1.08. The molecule has 2 aromatic rings. The number of methoxy groups -OCH3 is 3. The fraction of sp³-hybridized carbons (Fsp3) is 0.267. The van der Waals surface area contributed by atoms with Crippen LogP contribution in [0.25, 0.3) is 0 Å². The number of amides is 1. The number of benzene rings is 1. The van der Waals surface area contributed by atoms with E-state index in [0.717, 1.165) is 17.6 Å². The molecule has 10 nitrogen and oxygen atoms in total. The number of sulfone groups is 1. The Bertz CT molecular complexity index is 1120. The zero-order valence-corrected chi connectivity index (χ0v) is 17.7. The van der Waals surface area contributed by atoms with E-state index in [4.69, 9.17) is 19.3 Å². The maximum atomic E-state index is 12.7. The van der Waals surface area contributed by atoms with Gasteiger partial charge in [-0.2, -0.15) is 0 Å². The molecule has 0 atom stereocenters. The van der Waals surface area contributed by atoms with E-state index >= 15 is 0 Å². The second-order valence-corrected chi connectivity index (χ2v) is 9.83. The van der Waals surface area contributed by atoms with E-state index in [2.05, 4.69) is 5.32 Å². The number of nitrogens with one attached hydrogen (secondary N) is 1. The monoisotopic (exact) mass is 450 g/mol. The van der Waals surface area contributed by atoms with Gasteiger partial charge in [0.1, 0.15) is 15.5 Å². The Morgan fingerprint density at radius 1 is 1.04 bits per heavy atom. The van der Waals surface area contributed by atoms with Crippen molar-refractivity contribution in [1.82, 2.24) is 0 Å². The Kier molecular flexibility index (Phi) is 6.23. The third kappa shape index (κ3) is 4.22. The van der Waals surface area contributed by atoms with Gasteiger partial charge in [0.15, 0.2) is 21.3 Å². The van der Waals surface area contributed by atoms with Gasteiger partial charge < -0.3 is 19.5 Å². The van der Waals surface area contributed by atoms with Crippen molar-refractivity contribution in [3.05, 3.63) is 22.4 Å². The highest BCUT2D eigenvalue weighted by molar-refractivity contribution is 7.91. The molecule has 0 spiro atoms. The van der Waals surface area contributed by atoms with Crippen molar-refractivity contribution in [2.24, 2.45) is 5.14 Å².